The van der Waals surface area contributed by atoms with E-state index in [1.54, 1.807) is 0 Å². The summed E-state index contributed by atoms with van der Waals surface area (Å²) in [5.74, 6) is 4.78. The van der Waals surface area contributed by atoms with Gasteiger partial charge in [-0.2, -0.15) is 11.8 Å². The highest BCUT2D eigenvalue weighted by Gasteiger charge is 2.24. The van der Waals surface area contributed by atoms with Crippen molar-refractivity contribution in [2.45, 2.75) is 32.3 Å². The first-order chi connectivity index (χ1) is 15.8. The van der Waals surface area contributed by atoms with Crippen LogP contribution >= 0.6 is 39.3 Å². The fourth-order valence-corrected chi connectivity index (χ4v) is 5.31. The minimum Gasteiger partial charge on any atom is -0.492 e. The van der Waals surface area contributed by atoms with Gasteiger partial charge >= 0.3 is 0 Å². The molecule has 0 aromatic heterocycles. The van der Waals surface area contributed by atoms with Gasteiger partial charge in [0, 0.05) is 48.4 Å². The van der Waals surface area contributed by atoms with Gasteiger partial charge in [0.25, 0.3) is 0 Å². The van der Waals surface area contributed by atoms with Crippen LogP contribution < -0.4 is 9.47 Å². The molecule has 1 fully saturated rings. The minimum atomic E-state index is -0.477. The number of aliphatic hydroxyl groups is 1. The summed E-state index contributed by atoms with van der Waals surface area (Å²) in [6, 6.07) is 14.4. The lowest BCUT2D eigenvalue weighted by Gasteiger charge is -2.28. The molecule has 0 aliphatic carbocycles. The van der Waals surface area contributed by atoms with Crippen molar-refractivity contribution in [3.63, 3.8) is 0 Å². The standard InChI is InChI=1S/C26H35BrClNO3S/c1-19(15-28)17-32-25-9-6-21(14-24(25)27)26(2,3)20-4-7-23(8-5-20)31-18-22(30)16-29-10-12-33-13-11-29/h4-9,14,19,22,30H,10-13,15-18H2,1-3H3/t19-,22-/m0/s1. The molecule has 1 N–H and O–H groups in total. The molecular formula is C26H35BrClNO3S. The molecule has 1 saturated heterocycles. The molecule has 0 amide bonds. The van der Waals surface area contributed by atoms with E-state index in [9.17, 15) is 5.11 Å². The molecule has 182 valence electrons. The monoisotopic (exact) mass is 555 g/mol. The number of hydrogen-bond donors (Lipinski definition) is 1. The van der Waals surface area contributed by atoms with E-state index < -0.39 is 6.10 Å². The van der Waals surface area contributed by atoms with Crippen LogP contribution in [0, 0.1) is 5.92 Å². The van der Waals surface area contributed by atoms with Gasteiger partial charge in [-0.1, -0.05) is 39.0 Å². The topological polar surface area (TPSA) is 41.9 Å². The Morgan fingerprint density at radius 2 is 1.73 bits per heavy atom. The number of β-amino-alcohol motifs (C(OH)–C–C–N with tert-alkyl or cyclic N) is 1. The smallest absolute Gasteiger partial charge is 0.133 e. The van der Waals surface area contributed by atoms with Gasteiger partial charge in [0.1, 0.15) is 24.2 Å². The molecule has 2 aromatic carbocycles. The van der Waals surface area contributed by atoms with Gasteiger partial charge in [-0.3, -0.25) is 4.90 Å². The van der Waals surface area contributed by atoms with E-state index in [1.807, 2.05) is 30.0 Å². The number of alkyl halides is 1. The summed E-state index contributed by atoms with van der Waals surface area (Å²) in [6.45, 7) is 10.2. The fourth-order valence-electron chi connectivity index (χ4n) is 3.74. The van der Waals surface area contributed by atoms with Gasteiger partial charge in [-0.05, 0) is 51.3 Å². The Morgan fingerprint density at radius 1 is 1.06 bits per heavy atom. The van der Waals surface area contributed by atoms with Crippen LogP contribution in [0.1, 0.15) is 31.9 Å². The Balaban J connectivity index is 1.57. The van der Waals surface area contributed by atoms with Crippen molar-refractivity contribution in [2.24, 2.45) is 5.92 Å². The summed E-state index contributed by atoms with van der Waals surface area (Å²) < 4.78 is 12.7. The zero-order valence-electron chi connectivity index (χ0n) is 19.7. The second-order valence-electron chi connectivity index (χ2n) is 9.24. The van der Waals surface area contributed by atoms with Crippen molar-refractivity contribution < 1.29 is 14.6 Å². The lowest BCUT2D eigenvalue weighted by atomic mass is 9.78. The Hall–Kier alpha value is -0.920. The van der Waals surface area contributed by atoms with Crippen molar-refractivity contribution in [2.75, 3.05) is 50.2 Å². The van der Waals surface area contributed by atoms with Crippen LogP contribution in [0.25, 0.3) is 0 Å². The molecule has 4 nitrogen and oxygen atoms in total. The van der Waals surface area contributed by atoms with E-state index in [2.05, 4.69) is 65.9 Å². The average Bonchev–Trinajstić information content (AvgIpc) is 2.82. The number of aliphatic hydroxyl groups excluding tert-OH is 1. The molecule has 0 radical (unpaired) electrons. The molecule has 0 bridgehead atoms. The van der Waals surface area contributed by atoms with Crippen molar-refractivity contribution in [1.29, 1.82) is 0 Å². The predicted molar refractivity (Wildman–Crippen MR) is 143 cm³/mol. The fraction of sp³-hybridized carbons (Fsp3) is 0.538. The maximum Gasteiger partial charge on any atom is 0.133 e. The molecule has 0 saturated carbocycles. The van der Waals surface area contributed by atoms with Crippen molar-refractivity contribution in [1.82, 2.24) is 4.90 Å². The van der Waals surface area contributed by atoms with Gasteiger partial charge in [0.15, 0.2) is 0 Å². The number of hydrogen-bond acceptors (Lipinski definition) is 5. The van der Waals surface area contributed by atoms with Crippen LogP contribution in [0.4, 0.5) is 0 Å². The Morgan fingerprint density at radius 3 is 2.36 bits per heavy atom. The SMILES string of the molecule is C[C@@H](CCl)COc1ccc(C(C)(C)c2ccc(OC[C@@H](O)CN3CCSCC3)cc2)cc1Br. The number of halogens is 2. The van der Waals surface area contributed by atoms with Gasteiger partial charge < -0.3 is 14.6 Å². The summed E-state index contributed by atoms with van der Waals surface area (Å²) in [4.78, 5) is 2.31. The van der Waals surface area contributed by atoms with Crippen molar-refractivity contribution >= 4 is 39.3 Å². The summed E-state index contributed by atoms with van der Waals surface area (Å²) in [5, 5.41) is 10.3. The van der Waals surface area contributed by atoms with Crippen LogP contribution in [0.5, 0.6) is 11.5 Å². The maximum absolute atomic E-state index is 10.3. The van der Waals surface area contributed by atoms with E-state index in [1.165, 1.54) is 11.1 Å². The number of thioether (sulfide) groups is 1. The first-order valence-electron chi connectivity index (χ1n) is 11.5. The zero-order valence-corrected chi connectivity index (χ0v) is 22.9. The maximum atomic E-state index is 10.3. The normalized spacial score (nSPS) is 16.9. The number of ether oxygens (including phenoxy) is 2. The van der Waals surface area contributed by atoms with Gasteiger partial charge in [-0.15, -0.1) is 11.6 Å². The van der Waals surface area contributed by atoms with E-state index in [-0.39, 0.29) is 5.41 Å². The first kappa shape index (κ1) is 26.7. The average molecular weight is 557 g/mol. The summed E-state index contributed by atoms with van der Waals surface area (Å²) in [7, 11) is 0. The highest BCUT2D eigenvalue weighted by molar-refractivity contribution is 9.10. The molecule has 1 heterocycles. The minimum absolute atomic E-state index is 0.186. The van der Waals surface area contributed by atoms with Crippen molar-refractivity contribution in [3.8, 4) is 11.5 Å². The largest absolute Gasteiger partial charge is 0.492 e. The molecule has 7 heteroatoms. The molecule has 1 aliphatic rings. The zero-order chi connectivity index (χ0) is 23.8. The first-order valence-corrected chi connectivity index (χ1v) is 14.0. The Labute approximate surface area is 216 Å². The molecule has 3 rings (SSSR count). The molecular weight excluding hydrogens is 522 g/mol. The highest BCUT2D eigenvalue weighted by Crippen LogP contribution is 2.36. The van der Waals surface area contributed by atoms with E-state index >= 15 is 0 Å². The molecule has 2 atom stereocenters. The summed E-state index contributed by atoms with van der Waals surface area (Å²) in [6.07, 6.45) is -0.477. The molecule has 0 unspecified atom stereocenters. The lowest BCUT2D eigenvalue weighted by Crippen LogP contribution is -2.40. The molecule has 0 spiro atoms. The molecule has 1 aliphatic heterocycles. The number of nitrogens with zero attached hydrogens (tertiary/aromatic N) is 1. The Bertz CT molecular complexity index is 874. The van der Waals surface area contributed by atoms with Crippen LogP contribution in [-0.4, -0.2) is 66.3 Å². The lowest BCUT2D eigenvalue weighted by molar-refractivity contribution is 0.0715. The van der Waals surface area contributed by atoms with E-state index in [4.69, 9.17) is 21.1 Å². The quantitative estimate of drug-likeness (QED) is 0.354. The van der Waals surface area contributed by atoms with E-state index in [0.717, 1.165) is 40.6 Å². The number of benzene rings is 2. The van der Waals surface area contributed by atoms with Gasteiger partial charge in [0.05, 0.1) is 11.1 Å². The number of rotatable bonds is 11. The van der Waals surface area contributed by atoms with Gasteiger partial charge in [0.2, 0.25) is 0 Å². The van der Waals surface area contributed by atoms with Crippen molar-refractivity contribution in [3.05, 3.63) is 58.1 Å². The third-order valence-corrected chi connectivity index (χ3v) is 8.12. The molecule has 2 aromatic rings. The van der Waals surface area contributed by atoms with Crippen LogP contribution in [0.2, 0.25) is 0 Å². The summed E-state index contributed by atoms with van der Waals surface area (Å²) >= 11 is 11.5. The second kappa shape index (κ2) is 12.7. The Kier molecular flexibility index (Phi) is 10.3. The molecule has 33 heavy (non-hydrogen) atoms. The van der Waals surface area contributed by atoms with Gasteiger partial charge in [-0.25, -0.2) is 0 Å². The second-order valence-corrected chi connectivity index (χ2v) is 11.6. The van der Waals surface area contributed by atoms with Crippen LogP contribution in [-0.2, 0) is 5.41 Å². The third-order valence-electron chi connectivity index (χ3n) is 6.03. The van der Waals surface area contributed by atoms with E-state index in [0.29, 0.717) is 31.6 Å². The summed E-state index contributed by atoms with van der Waals surface area (Å²) in [5.41, 5.74) is 2.20. The van der Waals surface area contributed by atoms with Crippen LogP contribution in [0.3, 0.4) is 0 Å². The van der Waals surface area contributed by atoms with Crippen LogP contribution in [0.15, 0.2) is 46.9 Å². The predicted octanol–water partition coefficient (Wildman–Crippen LogP) is 5.82. The highest BCUT2D eigenvalue weighted by atomic mass is 79.9. The third kappa shape index (κ3) is 7.79.